The van der Waals surface area contributed by atoms with Crippen LogP contribution in [0.15, 0.2) is 40.8 Å². The number of piperidine rings is 1. The van der Waals surface area contributed by atoms with Crippen LogP contribution in [0.2, 0.25) is 5.02 Å². The molecule has 3 heterocycles. The Bertz CT molecular complexity index is 923. The lowest BCUT2D eigenvalue weighted by Gasteiger charge is -2.40. The van der Waals surface area contributed by atoms with Crippen molar-refractivity contribution in [3.05, 3.63) is 58.5 Å². The van der Waals surface area contributed by atoms with Crippen LogP contribution in [-0.2, 0) is 29.1 Å². The zero-order valence-electron chi connectivity index (χ0n) is 16.9. The molecule has 2 N–H and O–H groups in total. The molecule has 8 heteroatoms. The van der Waals surface area contributed by atoms with E-state index in [1.54, 1.807) is 7.11 Å². The smallest absolute Gasteiger partial charge is 0.322 e. The predicted octanol–water partition coefficient (Wildman–Crippen LogP) is 3.11. The van der Waals surface area contributed by atoms with Gasteiger partial charge in [-0.25, -0.2) is 4.79 Å². The summed E-state index contributed by atoms with van der Waals surface area (Å²) in [6, 6.07) is 10.9. The summed E-state index contributed by atoms with van der Waals surface area (Å²) in [6.45, 7) is 2.81. The second-order valence-corrected chi connectivity index (χ2v) is 8.41. The number of halogens is 1. The number of hydrogen-bond donors (Lipinski definition) is 2. The third kappa shape index (κ3) is 4.24. The number of methoxy groups -OCH3 is 1. The van der Waals surface area contributed by atoms with Crippen molar-refractivity contribution in [2.45, 2.75) is 38.0 Å². The van der Waals surface area contributed by atoms with Crippen molar-refractivity contribution < 1.29 is 18.7 Å². The first-order valence-electron chi connectivity index (χ1n) is 10.2. The van der Waals surface area contributed by atoms with E-state index in [2.05, 4.69) is 15.5 Å². The van der Waals surface area contributed by atoms with Gasteiger partial charge in [0.15, 0.2) is 0 Å². The number of urea groups is 1. The van der Waals surface area contributed by atoms with Gasteiger partial charge in [0, 0.05) is 18.6 Å². The Morgan fingerprint density at radius 1 is 1.17 bits per heavy atom. The number of rotatable bonds is 7. The first-order valence-corrected chi connectivity index (χ1v) is 10.5. The number of benzene rings is 1. The van der Waals surface area contributed by atoms with Gasteiger partial charge in [0.2, 0.25) is 0 Å². The third-order valence-corrected chi connectivity index (χ3v) is 6.43. The lowest BCUT2D eigenvalue weighted by atomic mass is 9.74. The van der Waals surface area contributed by atoms with Crippen LogP contribution >= 0.6 is 11.6 Å². The normalized spacial score (nSPS) is 22.9. The maximum Gasteiger partial charge on any atom is 0.322 e. The number of ether oxygens (including phenoxy) is 1. The predicted molar refractivity (Wildman–Crippen MR) is 112 cm³/mol. The molecular weight excluding hydrogens is 406 g/mol. The summed E-state index contributed by atoms with van der Waals surface area (Å²) >= 11 is 6.35. The molecule has 7 nitrogen and oxygen atoms in total. The number of imide groups is 1. The SMILES string of the molecule is COCc1ccc(CN2CCC([C@@]3(Cc4ccccc4Cl)NC(=O)NC3=O)CC2)o1. The molecule has 1 aromatic carbocycles. The van der Waals surface area contributed by atoms with Gasteiger partial charge < -0.3 is 14.5 Å². The van der Waals surface area contributed by atoms with Crippen LogP contribution in [0, 0.1) is 5.92 Å². The van der Waals surface area contributed by atoms with E-state index < -0.39 is 11.6 Å². The number of furan rings is 1. The monoisotopic (exact) mass is 431 g/mol. The van der Waals surface area contributed by atoms with Gasteiger partial charge in [-0.3, -0.25) is 15.0 Å². The summed E-state index contributed by atoms with van der Waals surface area (Å²) < 4.78 is 10.9. The third-order valence-electron chi connectivity index (χ3n) is 6.06. The molecule has 0 radical (unpaired) electrons. The van der Waals surface area contributed by atoms with Gasteiger partial charge in [0.05, 0.1) is 6.54 Å². The molecule has 1 aromatic heterocycles. The summed E-state index contributed by atoms with van der Waals surface area (Å²) in [7, 11) is 1.64. The number of carbonyl (C=O) groups is 2. The van der Waals surface area contributed by atoms with Crippen LogP contribution in [0.5, 0.6) is 0 Å². The molecule has 0 aliphatic carbocycles. The maximum absolute atomic E-state index is 12.9. The van der Waals surface area contributed by atoms with E-state index in [0.29, 0.717) is 24.6 Å². The van der Waals surface area contributed by atoms with Gasteiger partial charge >= 0.3 is 6.03 Å². The molecule has 2 aliphatic rings. The van der Waals surface area contributed by atoms with Gasteiger partial charge in [0.1, 0.15) is 23.7 Å². The second-order valence-electron chi connectivity index (χ2n) is 8.00. The highest BCUT2D eigenvalue weighted by atomic mass is 35.5. The number of nitrogens with zero attached hydrogens (tertiary/aromatic N) is 1. The van der Waals surface area contributed by atoms with Crippen molar-refractivity contribution in [3.63, 3.8) is 0 Å². The Morgan fingerprint density at radius 3 is 2.57 bits per heavy atom. The second kappa shape index (κ2) is 8.79. The molecule has 4 rings (SSSR count). The van der Waals surface area contributed by atoms with Crippen LogP contribution in [0.1, 0.15) is 29.9 Å². The van der Waals surface area contributed by atoms with E-state index in [1.807, 2.05) is 36.4 Å². The Kier molecular flexibility index (Phi) is 6.13. The van der Waals surface area contributed by atoms with Crippen LogP contribution < -0.4 is 10.6 Å². The Labute approximate surface area is 180 Å². The molecule has 160 valence electrons. The summed E-state index contributed by atoms with van der Waals surface area (Å²) in [6.07, 6.45) is 1.97. The van der Waals surface area contributed by atoms with Crippen molar-refractivity contribution in [2.75, 3.05) is 20.2 Å². The lowest BCUT2D eigenvalue weighted by molar-refractivity contribution is -0.126. The maximum atomic E-state index is 12.9. The Hall–Kier alpha value is -2.35. The highest BCUT2D eigenvalue weighted by Crippen LogP contribution is 2.35. The minimum Gasteiger partial charge on any atom is -0.462 e. The molecule has 0 spiro atoms. The fourth-order valence-electron chi connectivity index (χ4n) is 4.54. The summed E-state index contributed by atoms with van der Waals surface area (Å²) in [4.78, 5) is 27.2. The number of likely N-dealkylation sites (tertiary alicyclic amines) is 1. The largest absolute Gasteiger partial charge is 0.462 e. The Balaban J connectivity index is 1.45. The minimum absolute atomic E-state index is 0.0251. The number of hydrogen-bond acceptors (Lipinski definition) is 5. The standard InChI is InChI=1S/C22H26ClN3O4/c1-29-14-18-7-6-17(30-18)13-26-10-8-16(9-11-26)22(20(27)24-21(28)25-22)12-15-4-2-3-5-19(15)23/h2-7,16H,8-14H2,1H3,(H2,24,25,27,28)/t22-/m1/s1. The van der Waals surface area contributed by atoms with E-state index in [4.69, 9.17) is 20.8 Å². The highest BCUT2D eigenvalue weighted by molar-refractivity contribution is 6.31. The quantitative estimate of drug-likeness (QED) is 0.658. The molecule has 1 atom stereocenters. The van der Waals surface area contributed by atoms with Crippen molar-refractivity contribution in [3.8, 4) is 0 Å². The van der Waals surface area contributed by atoms with Crippen LogP contribution in [0.4, 0.5) is 4.79 Å². The number of amides is 3. The zero-order valence-corrected chi connectivity index (χ0v) is 17.7. The van der Waals surface area contributed by atoms with Crippen molar-refractivity contribution in [2.24, 2.45) is 5.92 Å². The molecule has 2 aliphatic heterocycles. The molecular formula is C22H26ClN3O4. The van der Waals surface area contributed by atoms with Crippen LogP contribution in [-0.4, -0.2) is 42.6 Å². The van der Waals surface area contributed by atoms with E-state index >= 15 is 0 Å². The van der Waals surface area contributed by atoms with Crippen LogP contribution in [0.25, 0.3) is 0 Å². The van der Waals surface area contributed by atoms with Gasteiger partial charge in [-0.05, 0) is 55.6 Å². The average molecular weight is 432 g/mol. The van der Waals surface area contributed by atoms with Gasteiger partial charge in [-0.2, -0.15) is 0 Å². The molecule has 2 fully saturated rings. The van der Waals surface area contributed by atoms with E-state index in [0.717, 1.165) is 43.0 Å². The van der Waals surface area contributed by atoms with Gasteiger partial charge in [0.25, 0.3) is 5.91 Å². The van der Waals surface area contributed by atoms with Crippen LogP contribution in [0.3, 0.4) is 0 Å². The molecule has 2 saturated heterocycles. The fraction of sp³-hybridized carbons (Fsp3) is 0.455. The van der Waals surface area contributed by atoms with E-state index in [9.17, 15) is 9.59 Å². The summed E-state index contributed by atoms with van der Waals surface area (Å²) in [5, 5.41) is 5.98. The molecule has 0 bridgehead atoms. The zero-order chi connectivity index (χ0) is 21.1. The van der Waals surface area contributed by atoms with E-state index in [-0.39, 0.29) is 11.8 Å². The molecule has 30 heavy (non-hydrogen) atoms. The Morgan fingerprint density at radius 2 is 1.90 bits per heavy atom. The minimum atomic E-state index is -0.968. The lowest BCUT2D eigenvalue weighted by Crippen LogP contribution is -2.57. The molecule has 0 unspecified atom stereocenters. The van der Waals surface area contributed by atoms with E-state index in [1.165, 1.54) is 0 Å². The van der Waals surface area contributed by atoms with Crippen molar-refractivity contribution in [1.29, 1.82) is 0 Å². The molecule has 2 aromatic rings. The highest BCUT2D eigenvalue weighted by Gasteiger charge is 2.52. The molecule has 3 amide bonds. The fourth-order valence-corrected chi connectivity index (χ4v) is 4.74. The average Bonchev–Trinajstić information content (AvgIpc) is 3.28. The first kappa shape index (κ1) is 20.9. The van der Waals surface area contributed by atoms with Crippen molar-refractivity contribution in [1.82, 2.24) is 15.5 Å². The first-order chi connectivity index (χ1) is 14.5. The summed E-state index contributed by atoms with van der Waals surface area (Å²) in [5.41, 5.74) is -0.106. The summed E-state index contributed by atoms with van der Waals surface area (Å²) in [5.74, 6) is 1.47. The van der Waals surface area contributed by atoms with Gasteiger partial charge in [-0.1, -0.05) is 29.8 Å². The topological polar surface area (TPSA) is 83.8 Å². The van der Waals surface area contributed by atoms with Gasteiger partial charge in [-0.15, -0.1) is 0 Å². The number of carbonyl (C=O) groups excluding carboxylic acids is 2. The number of nitrogens with one attached hydrogen (secondary N) is 2. The molecule has 0 saturated carbocycles. The van der Waals surface area contributed by atoms with Crippen molar-refractivity contribution >= 4 is 23.5 Å².